The molecule has 26 heavy (non-hydrogen) atoms. The smallest absolute Gasteiger partial charge is 0.232 e. The van der Waals surface area contributed by atoms with Crippen molar-refractivity contribution in [1.29, 1.82) is 0 Å². The minimum absolute atomic E-state index is 0.0116. The molecule has 0 spiro atoms. The van der Waals surface area contributed by atoms with Crippen LogP contribution in [0.15, 0.2) is 29.3 Å². The van der Waals surface area contributed by atoms with Gasteiger partial charge in [-0.2, -0.15) is 0 Å². The fraction of sp³-hybridized carbons (Fsp3) is 0.556. The van der Waals surface area contributed by atoms with E-state index in [9.17, 15) is 13.2 Å². The summed E-state index contributed by atoms with van der Waals surface area (Å²) in [6, 6.07) is 7.76. The Labute approximate surface area is 159 Å². The molecule has 2 aliphatic heterocycles. The van der Waals surface area contributed by atoms with Crippen LogP contribution in [-0.4, -0.2) is 67.8 Å². The highest BCUT2D eigenvalue weighted by atomic mass is 32.2. The van der Waals surface area contributed by atoms with Crippen molar-refractivity contribution in [3.8, 4) is 0 Å². The van der Waals surface area contributed by atoms with Crippen molar-refractivity contribution < 1.29 is 13.2 Å². The Morgan fingerprint density at radius 2 is 1.92 bits per heavy atom. The van der Waals surface area contributed by atoms with E-state index in [4.69, 9.17) is 0 Å². The van der Waals surface area contributed by atoms with Crippen molar-refractivity contribution in [2.45, 2.75) is 31.8 Å². The zero-order chi connectivity index (χ0) is 19.1. The van der Waals surface area contributed by atoms with Crippen molar-refractivity contribution in [2.75, 3.05) is 36.3 Å². The second-order valence-corrected chi connectivity index (χ2v) is 10.4. The van der Waals surface area contributed by atoms with Crippen molar-refractivity contribution in [2.24, 2.45) is 4.99 Å². The van der Waals surface area contributed by atoms with Gasteiger partial charge in [0.25, 0.3) is 0 Å². The summed E-state index contributed by atoms with van der Waals surface area (Å²) in [6.07, 6.45) is 0. The average molecular weight is 396 g/mol. The lowest BCUT2D eigenvalue weighted by Crippen LogP contribution is -2.39. The average Bonchev–Trinajstić information content (AvgIpc) is 3.03. The van der Waals surface area contributed by atoms with E-state index in [0.717, 1.165) is 10.9 Å². The molecule has 0 unspecified atom stereocenters. The predicted octanol–water partition coefficient (Wildman–Crippen LogP) is 1.97. The zero-order valence-electron chi connectivity index (χ0n) is 15.5. The van der Waals surface area contributed by atoms with Gasteiger partial charge < -0.3 is 9.80 Å². The Hall–Kier alpha value is -1.54. The molecule has 0 radical (unpaired) electrons. The molecule has 0 N–H and O–H groups in total. The van der Waals surface area contributed by atoms with Gasteiger partial charge in [0.2, 0.25) is 5.91 Å². The summed E-state index contributed by atoms with van der Waals surface area (Å²) in [6.45, 7) is 4.28. The van der Waals surface area contributed by atoms with Crippen molar-refractivity contribution >= 4 is 38.4 Å². The van der Waals surface area contributed by atoms with Gasteiger partial charge in [0, 0.05) is 19.8 Å². The molecule has 2 atom stereocenters. The van der Waals surface area contributed by atoms with E-state index in [1.807, 2.05) is 17.0 Å². The lowest BCUT2D eigenvalue weighted by atomic mass is 10.0. The van der Waals surface area contributed by atoms with Crippen LogP contribution in [0.25, 0.3) is 0 Å². The first-order chi connectivity index (χ1) is 12.2. The maximum atomic E-state index is 12.1. The Balaban J connectivity index is 1.87. The molecule has 0 bridgehead atoms. The summed E-state index contributed by atoms with van der Waals surface area (Å²) in [5.74, 6) is 0.932. The minimum Gasteiger partial charge on any atom is -0.348 e. The number of amidine groups is 1. The second-order valence-electron chi connectivity index (χ2n) is 7.32. The van der Waals surface area contributed by atoms with Gasteiger partial charge in [0.05, 0.1) is 29.3 Å². The van der Waals surface area contributed by atoms with Gasteiger partial charge in [-0.15, -0.1) is 0 Å². The van der Waals surface area contributed by atoms with Crippen LogP contribution in [0.5, 0.6) is 0 Å². The van der Waals surface area contributed by atoms with Crippen LogP contribution in [0.1, 0.15) is 25.3 Å². The molecule has 1 aromatic carbocycles. The van der Waals surface area contributed by atoms with Crippen LogP contribution in [0.3, 0.4) is 0 Å². The molecule has 142 valence electrons. The normalized spacial score (nSPS) is 23.9. The zero-order valence-corrected chi connectivity index (χ0v) is 17.2. The molecule has 0 aromatic heterocycles. The molecule has 0 aliphatic carbocycles. The van der Waals surface area contributed by atoms with Gasteiger partial charge in [-0.05, 0) is 23.6 Å². The molecule has 8 heteroatoms. The highest BCUT2D eigenvalue weighted by molar-refractivity contribution is 8.14. The molecule has 2 aliphatic rings. The fourth-order valence-electron chi connectivity index (χ4n) is 3.21. The largest absolute Gasteiger partial charge is 0.348 e. The van der Waals surface area contributed by atoms with Crippen LogP contribution in [0.4, 0.5) is 5.69 Å². The highest BCUT2D eigenvalue weighted by Gasteiger charge is 2.47. The standard InChI is InChI=1S/C18H25N3O3S2/c1-12(2)13-5-7-14(8-6-13)21-16-11-26(23,24)10-15(16)19-18(21)25-9-17(22)20(3)4/h5-8,12,15-16H,9-11H2,1-4H3/t15-,16+/m1/s1. The number of nitrogens with zero attached hydrogens (tertiary/aromatic N) is 3. The number of benzene rings is 1. The number of amides is 1. The van der Waals surface area contributed by atoms with Crippen molar-refractivity contribution in [3.05, 3.63) is 29.8 Å². The summed E-state index contributed by atoms with van der Waals surface area (Å²) in [4.78, 5) is 20.2. The molecule has 2 heterocycles. The van der Waals surface area contributed by atoms with Crippen LogP contribution in [0.2, 0.25) is 0 Å². The Morgan fingerprint density at radius 1 is 1.27 bits per heavy atom. The molecule has 6 nitrogen and oxygen atoms in total. The second kappa shape index (κ2) is 7.23. The fourth-order valence-corrected chi connectivity index (χ4v) is 6.16. The van der Waals surface area contributed by atoms with E-state index in [-0.39, 0.29) is 29.5 Å². The number of hydrogen-bond acceptors (Lipinski definition) is 6. The number of aliphatic imine (C=N–C) groups is 1. The first-order valence-electron chi connectivity index (χ1n) is 8.68. The number of hydrogen-bond donors (Lipinski definition) is 0. The number of rotatable bonds is 4. The molecule has 0 saturated carbocycles. The summed E-state index contributed by atoms with van der Waals surface area (Å²) in [5, 5.41) is 0.738. The quantitative estimate of drug-likeness (QED) is 0.780. The third-order valence-corrected chi connectivity index (χ3v) is 7.42. The van der Waals surface area contributed by atoms with E-state index in [1.54, 1.807) is 19.0 Å². The lowest BCUT2D eigenvalue weighted by molar-refractivity contribution is -0.125. The van der Waals surface area contributed by atoms with Gasteiger partial charge >= 0.3 is 0 Å². The highest BCUT2D eigenvalue weighted by Crippen LogP contribution is 2.35. The number of thioether (sulfide) groups is 1. The molecule has 3 rings (SSSR count). The molecule has 1 amide bonds. The van der Waals surface area contributed by atoms with Gasteiger partial charge in [0.1, 0.15) is 0 Å². The summed E-state index contributed by atoms with van der Waals surface area (Å²) in [5.41, 5.74) is 2.17. The summed E-state index contributed by atoms with van der Waals surface area (Å²) in [7, 11) is 0.381. The third-order valence-electron chi connectivity index (χ3n) is 4.77. The van der Waals surface area contributed by atoms with E-state index >= 15 is 0 Å². The number of carbonyl (C=O) groups is 1. The number of fused-ring (bicyclic) bond motifs is 1. The molecular formula is C18H25N3O3S2. The summed E-state index contributed by atoms with van der Waals surface area (Å²) >= 11 is 1.38. The van der Waals surface area contributed by atoms with Crippen LogP contribution < -0.4 is 4.90 Å². The molecule has 1 aromatic rings. The number of sulfone groups is 1. The lowest BCUT2D eigenvalue weighted by Gasteiger charge is -2.27. The van der Waals surface area contributed by atoms with Gasteiger partial charge in [-0.1, -0.05) is 37.7 Å². The minimum atomic E-state index is -3.07. The van der Waals surface area contributed by atoms with Crippen LogP contribution in [-0.2, 0) is 14.6 Å². The van der Waals surface area contributed by atoms with Crippen LogP contribution in [0, 0.1) is 0 Å². The van der Waals surface area contributed by atoms with Crippen LogP contribution >= 0.6 is 11.8 Å². The van der Waals surface area contributed by atoms with Gasteiger partial charge in [-0.25, -0.2) is 8.42 Å². The predicted molar refractivity (Wildman–Crippen MR) is 108 cm³/mol. The number of carbonyl (C=O) groups excluding carboxylic acids is 1. The van der Waals surface area contributed by atoms with E-state index < -0.39 is 9.84 Å². The molecule has 1 saturated heterocycles. The SMILES string of the molecule is CC(C)c1ccc(N2C(SCC(=O)N(C)C)=N[C@@H]3CS(=O)(=O)C[C@@H]32)cc1. The molecule has 1 fully saturated rings. The van der Waals surface area contributed by atoms with Crippen molar-refractivity contribution in [1.82, 2.24) is 4.90 Å². The summed E-state index contributed by atoms with van der Waals surface area (Å²) < 4.78 is 24.1. The molecular weight excluding hydrogens is 370 g/mol. The van der Waals surface area contributed by atoms with E-state index in [2.05, 4.69) is 31.0 Å². The van der Waals surface area contributed by atoms with Gasteiger partial charge in [-0.3, -0.25) is 9.79 Å². The Kier molecular flexibility index (Phi) is 5.35. The van der Waals surface area contributed by atoms with Crippen molar-refractivity contribution in [3.63, 3.8) is 0 Å². The number of anilines is 1. The topological polar surface area (TPSA) is 70.1 Å². The van der Waals surface area contributed by atoms with Gasteiger partial charge in [0.15, 0.2) is 15.0 Å². The first kappa shape index (κ1) is 19.2. The first-order valence-corrected chi connectivity index (χ1v) is 11.5. The maximum absolute atomic E-state index is 12.1. The third kappa shape index (κ3) is 3.91. The van der Waals surface area contributed by atoms with E-state index in [0.29, 0.717) is 11.7 Å². The Morgan fingerprint density at radius 3 is 2.50 bits per heavy atom. The monoisotopic (exact) mass is 395 g/mol. The Bertz CT molecular complexity index is 817. The van der Waals surface area contributed by atoms with E-state index in [1.165, 1.54) is 17.3 Å². The maximum Gasteiger partial charge on any atom is 0.232 e.